The lowest BCUT2D eigenvalue weighted by Crippen LogP contribution is -2.34. The molecule has 1 N–H and O–H groups in total. The van der Waals surface area contributed by atoms with Crippen LogP contribution in [0.25, 0.3) is 0 Å². The summed E-state index contributed by atoms with van der Waals surface area (Å²) in [6, 6.07) is 11.9. The van der Waals surface area contributed by atoms with E-state index in [1.165, 1.54) is 31.4 Å². The molecule has 118 valence electrons. The van der Waals surface area contributed by atoms with Gasteiger partial charge in [0, 0.05) is 0 Å². The van der Waals surface area contributed by atoms with E-state index in [9.17, 15) is 14.0 Å². The summed E-state index contributed by atoms with van der Waals surface area (Å²) < 4.78 is 18.6. The number of carbonyl (C=O) groups excluding carboxylic acids is 2. The number of anilines is 2. The van der Waals surface area contributed by atoms with Crippen molar-refractivity contribution >= 4 is 23.2 Å². The van der Waals surface area contributed by atoms with E-state index in [1.807, 2.05) is 6.07 Å². The fourth-order valence-electron chi connectivity index (χ4n) is 2.58. The lowest BCUT2D eigenvalue weighted by molar-refractivity contribution is -0.121. The van der Waals surface area contributed by atoms with Crippen molar-refractivity contribution in [3.63, 3.8) is 0 Å². The summed E-state index contributed by atoms with van der Waals surface area (Å²) in [6.07, 6.45) is 0.00734. The molecular weight excluding hydrogens is 299 g/mol. The van der Waals surface area contributed by atoms with E-state index in [-0.39, 0.29) is 18.0 Å². The Morgan fingerprint density at radius 2 is 1.96 bits per heavy atom. The Morgan fingerprint density at radius 1 is 1.17 bits per heavy atom. The normalized spacial score (nSPS) is 17.5. The number of halogens is 1. The van der Waals surface area contributed by atoms with Gasteiger partial charge in [0.1, 0.15) is 17.6 Å². The molecule has 5 nitrogen and oxygen atoms in total. The highest BCUT2D eigenvalue weighted by molar-refractivity contribution is 6.23. The number of hydrogen-bond acceptors (Lipinski definition) is 4. The summed E-state index contributed by atoms with van der Waals surface area (Å²) in [5, 5.41) is 3.02. The van der Waals surface area contributed by atoms with Gasteiger partial charge in [-0.3, -0.25) is 9.59 Å². The highest BCUT2D eigenvalue weighted by atomic mass is 19.1. The van der Waals surface area contributed by atoms with E-state index < -0.39 is 17.8 Å². The number of rotatable bonds is 4. The van der Waals surface area contributed by atoms with Gasteiger partial charge in [-0.25, -0.2) is 9.29 Å². The van der Waals surface area contributed by atoms with Crippen molar-refractivity contribution in [2.75, 3.05) is 17.3 Å². The second-order valence-corrected chi connectivity index (χ2v) is 5.15. The van der Waals surface area contributed by atoms with Crippen LogP contribution in [-0.4, -0.2) is 25.0 Å². The lowest BCUT2D eigenvalue weighted by atomic mass is 10.2. The molecule has 23 heavy (non-hydrogen) atoms. The van der Waals surface area contributed by atoms with E-state index in [0.29, 0.717) is 11.4 Å². The minimum atomic E-state index is -0.706. The van der Waals surface area contributed by atoms with Gasteiger partial charge < -0.3 is 10.1 Å². The maximum absolute atomic E-state index is 13.3. The monoisotopic (exact) mass is 314 g/mol. The molecule has 1 aliphatic heterocycles. The molecule has 1 aliphatic rings. The predicted molar refractivity (Wildman–Crippen MR) is 83.9 cm³/mol. The quantitative estimate of drug-likeness (QED) is 0.881. The number of carbonyl (C=O) groups is 2. The first-order valence-corrected chi connectivity index (χ1v) is 7.12. The van der Waals surface area contributed by atoms with Gasteiger partial charge in [-0.1, -0.05) is 18.2 Å². The largest absolute Gasteiger partial charge is 0.495 e. The molecule has 2 aromatic carbocycles. The van der Waals surface area contributed by atoms with Crippen LogP contribution in [0.4, 0.5) is 15.8 Å². The van der Waals surface area contributed by atoms with Gasteiger partial charge in [-0.15, -0.1) is 0 Å². The van der Waals surface area contributed by atoms with Crippen LogP contribution in [0.5, 0.6) is 5.75 Å². The van der Waals surface area contributed by atoms with Crippen LogP contribution >= 0.6 is 0 Å². The molecule has 0 saturated carbocycles. The second-order valence-electron chi connectivity index (χ2n) is 5.15. The number of para-hydroxylation sites is 2. The Hall–Kier alpha value is -2.89. The third kappa shape index (κ3) is 2.88. The van der Waals surface area contributed by atoms with Crippen molar-refractivity contribution in [3.8, 4) is 5.75 Å². The molecule has 6 heteroatoms. The van der Waals surface area contributed by atoms with Gasteiger partial charge in [0.25, 0.3) is 5.91 Å². The maximum Gasteiger partial charge on any atom is 0.256 e. The van der Waals surface area contributed by atoms with Crippen LogP contribution in [0, 0.1) is 5.82 Å². The van der Waals surface area contributed by atoms with Gasteiger partial charge in [0.15, 0.2) is 0 Å². The van der Waals surface area contributed by atoms with Crippen molar-refractivity contribution < 1.29 is 18.7 Å². The molecule has 1 saturated heterocycles. The summed E-state index contributed by atoms with van der Waals surface area (Å²) >= 11 is 0. The Labute approximate surface area is 132 Å². The molecule has 3 rings (SSSR count). The second kappa shape index (κ2) is 6.08. The van der Waals surface area contributed by atoms with E-state index in [4.69, 9.17) is 4.74 Å². The average Bonchev–Trinajstić information content (AvgIpc) is 2.82. The Kier molecular flexibility index (Phi) is 3.97. The van der Waals surface area contributed by atoms with E-state index >= 15 is 0 Å². The molecular formula is C17H15FN2O3. The Morgan fingerprint density at radius 3 is 2.70 bits per heavy atom. The predicted octanol–water partition coefficient (Wildman–Crippen LogP) is 2.58. The first-order chi connectivity index (χ1) is 11.1. The van der Waals surface area contributed by atoms with Gasteiger partial charge in [-0.05, 0) is 30.3 Å². The summed E-state index contributed by atoms with van der Waals surface area (Å²) in [5.41, 5.74) is 0.867. The molecule has 0 bridgehead atoms. The molecule has 2 amide bonds. The van der Waals surface area contributed by atoms with Gasteiger partial charge >= 0.3 is 0 Å². The summed E-state index contributed by atoms with van der Waals surface area (Å²) in [5.74, 6) is -0.694. The first-order valence-electron chi connectivity index (χ1n) is 7.12. The molecule has 2 aromatic rings. The lowest BCUT2D eigenvalue weighted by Gasteiger charge is -2.17. The zero-order valence-electron chi connectivity index (χ0n) is 12.5. The Bertz CT molecular complexity index is 763. The number of nitrogens with zero attached hydrogens (tertiary/aromatic N) is 1. The number of hydrogen-bond donors (Lipinski definition) is 1. The van der Waals surface area contributed by atoms with Crippen molar-refractivity contribution in [1.29, 1.82) is 0 Å². The highest BCUT2D eigenvalue weighted by Crippen LogP contribution is 2.29. The topological polar surface area (TPSA) is 58.6 Å². The molecule has 0 spiro atoms. The van der Waals surface area contributed by atoms with Crippen molar-refractivity contribution in [2.45, 2.75) is 12.5 Å². The SMILES string of the molecule is COc1ccccc1NC1CC(=O)N(c2cccc(F)c2)C1=O. The molecule has 1 fully saturated rings. The molecule has 0 aromatic heterocycles. The van der Waals surface area contributed by atoms with Crippen LogP contribution in [0.1, 0.15) is 6.42 Å². The highest BCUT2D eigenvalue weighted by Gasteiger charge is 2.39. The maximum atomic E-state index is 13.3. The van der Waals surface area contributed by atoms with E-state index in [1.54, 1.807) is 18.2 Å². The smallest absolute Gasteiger partial charge is 0.256 e. The molecule has 0 aliphatic carbocycles. The summed E-state index contributed by atoms with van der Waals surface area (Å²) in [4.78, 5) is 25.7. The molecule has 1 heterocycles. The number of ether oxygens (including phenoxy) is 1. The third-order valence-corrected chi connectivity index (χ3v) is 3.65. The molecule has 1 unspecified atom stereocenters. The average molecular weight is 314 g/mol. The number of benzene rings is 2. The minimum absolute atomic E-state index is 0.00734. The van der Waals surface area contributed by atoms with Crippen molar-refractivity contribution in [2.24, 2.45) is 0 Å². The van der Waals surface area contributed by atoms with Gasteiger partial charge in [0.2, 0.25) is 5.91 Å². The van der Waals surface area contributed by atoms with Crippen LogP contribution < -0.4 is 15.0 Å². The van der Waals surface area contributed by atoms with Crippen LogP contribution in [-0.2, 0) is 9.59 Å². The zero-order valence-corrected chi connectivity index (χ0v) is 12.5. The Balaban J connectivity index is 1.84. The third-order valence-electron chi connectivity index (χ3n) is 3.65. The minimum Gasteiger partial charge on any atom is -0.495 e. The standard InChI is InChI=1S/C17H15FN2O3/c1-23-15-8-3-2-7-13(15)19-14-10-16(21)20(17(14)22)12-6-4-5-11(18)9-12/h2-9,14,19H,10H2,1H3. The molecule has 1 atom stereocenters. The zero-order chi connectivity index (χ0) is 16.4. The van der Waals surface area contributed by atoms with Gasteiger partial charge in [0.05, 0.1) is 24.9 Å². The summed E-state index contributed by atoms with van der Waals surface area (Å²) in [6.45, 7) is 0. The van der Waals surface area contributed by atoms with Crippen LogP contribution in [0.15, 0.2) is 48.5 Å². The van der Waals surface area contributed by atoms with Crippen molar-refractivity contribution in [3.05, 3.63) is 54.3 Å². The summed E-state index contributed by atoms with van der Waals surface area (Å²) in [7, 11) is 1.53. The van der Waals surface area contributed by atoms with Crippen LogP contribution in [0.3, 0.4) is 0 Å². The van der Waals surface area contributed by atoms with Crippen molar-refractivity contribution in [1.82, 2.24) is 0 Å². The fourth-order valence-corrected chi connectivity index (χ4v) is 2.58. The van der Waals surface area contributed by atoms with E-state index in [0.717, 1.165) is 4.90 Å². The number of nitrogens with one attached hydrogen (secondary N) is 1. The number of methoxy groups -OCH3 is 1. The molecule has 0 radical (unpaired) electrons. The van der Waals surface area contributed by atoms with Crippen LogP contribution in [0.2, 0.25) is 0 Å². The number of amides is 2. The number of imide groups is 1. The fraction of sp³-hybridized carbons (Fsp3) is 0.176. The van der Waals surface area contributed by atoms with Gasteiger partial charge in [-0.2, -0.15) is 0 Å². The first kappa shape index (κ1) is 15.0. The van der Waals surface area contributed by atoms with E-state index in [2.05, 4.69) is 5.32 Å².